The predicted octanol–water partition coefficient (Wildman–Crippen LogP) is 5.24. The molecule has 0 bridgehead atoms. The van der Waals surface area contributed by atoms with E-state index in [1.807, 2.05) is 0 Å². The fourth-order valence-corrected chi connectivity index (χ4v) is 7.08. The van der Waals surface area contributed by atoms with Crippen LogP contribution in [0, 0.1) is 5.92 Å². The maximum Gasteiger partial charge on any atom is 0.416 e. The monoisotopic (exact) mass is 585 g/mol. The Morgan fingerprint density at radius 1 is 1.08 bits per heavy atom. The zero-order valence-electron chi connectivity index (χ0n) is 20.2. The van der Waals surface area contributed by atoms with Gasteiger partial charge in [-0.25, -0.2) is 13.1 Å². The second-order valence-corrected chi connectivity index (χ2v) is 12.7. The van der Waals surface area contributed by atoms with Crippen molar-refractivity contribution in [1.82, 2.24) is 15.4 Å². The summed E-state index contributed by atoms with van der Waals surface area (Å²) in [7, 11) is -3.90. The molecule has 1 fully saturated rings. The SMILES string of the molecule is O=C(NCc1ccc(S(=O)(=O)NC(Cc2ccc(C(F)(F)F)cc2)C2CCCNC2)s1)c1ccc(Cl)cc1. The van der Waals surface area contributed by atoms with Crippen molar-refractivity contribution in [3.8, 4) is 0 Å². The van der Waals surface area contributed by atoms with Crippen LogP contribution in [0.4, 0.5) is 13.2 Å². The highest BCUT2D eigenvalue weighted by Gasteiger charge is 2.32. The van der Waals surface area contributed by atoms with Crippen LogP contribution in [0.25, 0.3) is 0 Å². The third-order valence-corrected chi connectivity index (χ3v) is 9.70. The molecule has 12 heteroatoms. The number of halogens is 4. The molecule has 1 aliphatic rings. The molecule has 2 atom stereocenters. The van der Waals surface area contributed by atoms with Crippen molar-refractivity contribution >= 4 is 38.9 Å². The summed E-state index contributed by atoms with van der Waals surface area (Å²) < 4.78 is 68.4. The number of hydrogen-bond donors (Lipinski definition) is 3. The van der Waals surface area contributed by atoms with Crippen LogP contribution in [0.3, 0.4) is 0 Å². The van der Waals surface area contributed by atoms with E-state index in [2.05, 4.69) is 15.4 Å². The van der Waals surface area contributed by atoms with Crippen LogP contribution < -0.4 is 15.4 Å². The number of sulfonamides is 1. The summed E-state index contributed by atoms with van der Waals surface area (Å²) >= 11 is 6.90. The van der Waals surface area contributed by atoms with Crippen LogP contribution in [0.1, 0.15) is 39.2 Å². The number of amides is 1. The Kier molecular flexibility index (Phi) is 9.15. The first-order valence-corrected chi connectivity index (χ1v) is 14.7. The quantitative estimate of drug-likeness (QED) is 0.321. The number of carbonyl (C=O) groups excluding carboxylic acids is 1. The Hall–Kier alpha value is -2.44. The van der Waals surface area contributed by atoms with Crippen LogP contribution in [-0.4, -0.2) is 33.5 Å². The topological polar surface area (TPSA) is 87.3 Å². The second-order valence-electron chi connectivity index (χ2n) is 9.14. The van der Waals surface area contributed by atoms with Crippen molar-refractivity contribution in [1.29, 1.82) is 0 Å². The molecule has 204 valence electrons. The third kappa shape index (κ3) is 7.57. The molecule has 2 unspecified atom stereocenters. The van der Waals surface area contributed by atoms with E-state index in [9.17, 15) is 26.4 Å². The highest BCUT2D eigenvalue weighted by molar-refractivity contribution is 7.91. The highest BCUT2D eigenvalue weighted by Crippen LogP contribution is 2.30. The van der Waals surface area contributed by atoms with E-state index >= 15 is 0 Å². The molecule has 0 spiro atoms. The van der Waals surface area contributed by atoms with Gasteiger partial charge in [-0.15, -0.1) is 11.3 Å². The smallest absolute Gasteiger partial charge is 0.347 e. The summed E-state index contributed by atoms with van der Waals surface area (Å²) in [6.07, 6.45) is -2.49. The molecule has 1 aromatic heterocycles. The summed E-state index contributed by atoms with van der Waals surface area (Å²) in [5, 5.41) is 6.56. The molecule has 1 saturated heterocycles. The van der Waals surface area contributed by atoms with Crippen LogP contribution in [0.15, 0.2) is 64.9 Å². The minimum Gasteiger partial charge on any atom is -0.347 e. The van der Waals surface area contributed by atoms with Gasteiger partial charge >= 0.3 is 6.18 Å². The summed E-state index contributed by atoms with van der Waals surface area (Å²) in [4.78, 5) is 13.0. The normalized spacial score (nSPS) is 17.2. The van der Waals surface area contributed by atoms with Gasteiger partial charge < -0.3 is 10.6 Å². The molecular weight excluding hydrogens is 559 g/mol. The van der Waals surface area contributed by atoms with E-state index in [1.165, 1.54) is 18.2 Å². The van der Waals surface area contributed by atoms with E-state index in [0.717, 1.165) is 42.9 Å². The molecule has 0 radical (unpaired) electrons. The molecule has 3 aromatic rings. The Bertz CT molecular complexity index is 1340. The van der Waals surface area contributed by atoms with E-state index < -0.39 is 27.8 Å². The van der Waals surface area contributed by atoms with Crippen LogP contribution >= 0.6 is 22.9 Å². The maximum absolute atomic E-state index is 13.3. The summed E-state index contributed by atoms with van der Waals surface area (Å²) in [6, 6.07) is 13.9. The van der Waals surface area contributed by atoms with Crippen molar-refractivity contribution < 1.29 is 26.4 Å². The molecule has 1 aliphatic heterocycles. The van der Waals surface area contributed by atoms with Crippen molar-refractivity contribution in [2.45, 2.75) is 42.2 Å². The number of piperidine rings is 1. The van der Waals surface area contributed by atoms with Gasteiger partial charge in [-0.2, -0.15) is 13.2 Å². The van der Waals surface area contributed by atoms with Gasteiger partial charge in [0.05, 0.1) is 12.1 Å². The van der Waals surface area contributed by atoms with Gasteiger partial charge in [0.2, 0.25) is 10.0 Å². The fourth-order valence-electron chi connectivity index (χ4n) is 4.34. The van der Waals surface area contributed by atoms with Gasteiger partial charge in [-0.3, -0.25) is 4.79 Å². The zero-order chi connectivity index (χ0) is 27.3. The maximum atomic E-state index is 13.3. The first-order valence-electron chi connectivity index (χ1n) is 12.0. The summed E-state index contributed by atoms with van der Waals surface area (Å²) in [5.41, 5.74) is 0.313. The number of hydrogen-bond acceptors (Lipinski definition) is 5. The lowest BCUT2D eigenvalue weighted by Gasteiger charge is -2.31. The van der Waals surface area contributed by atoms with Crippen LogP contribution in [0.2, 0.25) is 5.02 Å². The van der Waals surface area contributed by atoms with Crippen molar-refractivity contribution in [2.24, 2.45) is 5.92 Å². The van der Waals surface area contributed by atoms with Gasteiger partial charge in [-0.1, -0.05) is 23.7 Å². The van der Waals surface area contributed by atoms with E-state index in [1.54, 1.807) is 30.3 Å². The van der Waals surface area contributed by atoms with Gasteiger partial charge in [0.1, 0.15) is 4.21 Å². The molecule has 6 nitrogen and oxygen atoms in total. The molecule has 1 amide bonds. The van der Waals surface area contributed by atoms with Gasteiger partial charge in [-0.05, 0) is 92.4 Å². The number of nitrogens with one attached hydrogen (secondary N) is 3. The Labute approximate surface area is 228 Å². The average Bonchev–Trinajstić information content (AvgIpc) is 3.38. The minimum atomic E-state index is -4.43. The first-order chi connectivity index (χ1) is 18.0. The lowest BCUT2D eigenvalue weighted by Crippen LogP contribution is -2.47. The molecule has 0 saturated carbocycles. The van der Waals surface area contributed by atoms with Crippen molar-refractivity contribution in [3.05, 3.63) is 87.3 Å². The molecule has 4 rings (SSSR count). The Balaban J connectivity index is 1.44. The van der Waals surface area contributed by atoms with Crippen molar-refractivity contribution in [3.63, 3.8) is 0 Å². The number of benzene rings is 2. The number of thiophene rings is 1. The number of carbonyl (C=O) groups is 1. The van der Waals surface area contributed by atoms with E-state index in [-0.39, 0.29) is 29.0 Å². The predicted molar refractivity (Wildman–Crippen MR) is 142 cm³/mol. The largest absolute Gasteiger partial charge is 0.416 e. The average molecular weight is 586 g/mol. The standard InChI is InChI=1S/C26H27ClF3N3O3S2/c27-21-9-5-18(6-10-21)25(34)32-16-22-11-12-24(37-22)38(35,36)33-23(19-2-1-13-31-15-19)14-17-3-7-20(8-4-17)26(28,29)30/h3-12,19,23,31,33H,1-2,13-16H2,(H,32,34). The van der Waals surface area contributed by atoms with Gasteiger partial charge in [0, 0.05) is 21.5 Å². The third-order valence-electron chi connectivity index (χ3n) is 6.38. The molecule has 2 aromatic carbocycles. The molecule has 2 heterocycles. The Morgan fingerprint density at radius 3 is 2.42 bits per heavy atom. The zero-order valence-corrected chi connectivity index (χ0v) is 22.6. The van der Waals surface area contributed by atoms with E-state index in [0.29, 0.717) is 27.6 Å². The lowest BCUT2D eigenvalue weighted by atomic mass is 9.88. The highest BCUT2D eigenvalue weighted by atomic mass is 35.5. The molecule has 0 aliphatic carbocycles. The minimum absolute atomic E-state index is 0.0149. The molecule has 38 heavy (non-hydrogen) atoms. The van der Waals surface area contributed by atoms with Gasteiger partial charge in [0.15, 0.2) is 0 Å². The molecule has 3 N–H and O–H groups in total. The first kappa shape index (κ1) is 28.6. The van der Waals surface area contributed by atoms with Crippen LogP contribution in [0.5, 0.6) is 0 Å². The van der Waals surface area contributed by atoms with E-state index in [4.69, 9.17) is 11.6 Å². The van der Waals surface area contributed by atoms with Crippen molar-refractivity contribution in [2.75, 3.05) is 13.1 Å². The molecular formula is C26H27ClF3N3O3S2. The summed E-state index contributed by atoms with van der Waals surface area (Å²) in [6.45, 7) is 1.61. The van der Waals surface area contributed by atoms with Crippen LogP contribution in [-0.2, 0) is 29.2 Å². The lowest BCUT2D eigenvalue weighted by molar-refractivity contribution is -0.137. The fraction of sp³-hybridized carbons (Fsp3) is 0.346. The number of rotatable bonds is 9. The summed E-state index contributed by atoms with van der Waals surface area (Å²) in [5.74, 6) is -0.321. The Morgan fingerprint density at radius 2 is 1.79 bits per heavy atom. The van der Waals surface area contributed by atoms with Gasteiger partial charge in [0.25, 0.3) is 5.91 Å². The number of alkyl halides is 3. The second kappa shape index (κ2) is 12.2.